The summed E-state index contributed by atoms with van der Waals surface area (Å²) in [6.07, 6.45) is 3.66. The van der Waals surface area contributed by atoms with Gasteiger partial charge in [0.05, 0.1) is 23.6 Å². The summed E-state index contributed by atoms with van der Waals surface area (Å²) in [5.74, 6) is 0. The third-order valence-corrected chi connectivity index (χ3v) is 2.85. The summed E-state index contributed by atoms with van der Waals surface area (Å²) in [4.78, 5) is 4.09. The highest BCUT2D eigenvalue weighted by Gasteiger charge is 2.17. The molecule has 0 fully saturated rings. The number of hydrogen-bond donors (Lipinski definition) is 2. The second-order valence-electron chi connectivity index (χ2n) is 3.91. The van der Waals surface area contributed by atoms with Crippen molar-refractivity contribution < 1.29 is 0 Å². The van der Waals surface area contributed by atoms with Gasteiger partial charge in [0.15, 0.2) is 0 Å². The van der Waals surface area contributed by atoms with Gasteiger partial charge in [0.2, 0.25) is 0 Å². The summed E-state index contributed by atoms with van der Waals surface area (Å²) in [5, 5.41) is 6.90. The maximum atomic E-state index is 4.09. The second-order valence-corrected chi connectivity index (χ2v) is 3.91. The fourth-order valence-corrected chi connectivity index (χ4v) is 2.00. The van der Waals surface area contributed by atoms with Crippen molar-refractivity contribution in [2.75, 3.05) is 17.2 Å². The van der Waals surface area contributed by atoms with Gasteiger partial charge in [-0.25, -0.2) is 0 Å². The monoisotopic (exact) mass is 211 g/mol. The second kappa shape index (κ2) is 3.85. The number of hydrogen-bond acceptors (Lipinski definition) is 3. The highest BCUT2D eigenvalue weighted by atomic mass is 15.1. The zero-order chi connectivity index (χ0) is 10.8. The third-order valence-electron chi connectivity index (χ3n) is 2.85. The lowest BCUT2D eigenvalue weighted by Gasteiger charge is -2.28. The summed E-state index contributed by atoms with van der Waals surface area (Å²) in [7, 11) is 0. The average Bonchev–Trinajstić information content (AvgIpc) is 2.39. The molecule has 80 valence electrons. The number of anilines is 2. The van der Waals surface area contributed by atoms with Gasteiger partial charge in [-0.15, -0.1) is 0 Å². The number of nitrogens with zero attached hydrogens (tertiary/aromatic N) is 1. The molecule has 3 rings (SSSR count). The Morgan fingerprint density at radius 3 is 2.81 bits per heavy atom. The van der Waals surface area contributed by atoms with Crippen molar-refractivity contribution in [2.45, 2.75) is 6.04 Å². The van der Waals surface area contributed by atoms with Gasteiger partial charge in [0, 0.05) is 12.7 Å². The van der Waals surface area contributed by atoms with Crippen molar-refractivity contribution in [1.29, 1.82) is 0 Å². The van der Waals surface area contributed by atoms with E-state index in [9.17, 15) is 0 Å². The number of fused-ring (bicyclic) bond motifs is 1. The van der Waals surface area contributed by atoms with Crippen LogP contribution < -0.4 is 10.6 Å². The molecular weight excluding hydrogens is 198 g/mol. The van der Waals surface area contributed by atoms with Gasteiger partial charge in [0.25, 0.3) is 0 Å². The van der Waals surface area contributed by atoms with E-state index in [0.717, 1.165) is 17.9 Å². The van der Waals surface area contributed by atoms with Crippen molar-refractivity contribution in [2.24, 2.45) is 0 Å². The van der Waals surface area contributed by atoms with Gasteiger partial charge < -0.3 is 10.6 Å². The number of rotatable bonds is 1. The molecular formula is C13H13N3. The minimum atomic E-state index is 0.330. The fourth-order valence-electron chi connectivity index (χ4n) is 2.00. The minimum Gasteiger partial charge on any atom is -0.380 e. The first-order chi connectivity index (χ1) is 7.93. The molecule has 16 heavy (non-hydrogen) atoms. The summed E-state index contributed by atoms with van der Waals surface area (Å²) >= 11 is 0. The van der Waals surface area contributed by atoms with Crippen LogP contribution in [0.1, 0.15) is 11.6 Å². The SMILES string of the molecule is c1ccc(C2CNc3cnccc3N2)cc1. The Hall–Kier alpha value is -2.03. The van der Waals surface area contributed by atoms with Gasteiger partial charge in [-0.05, 0) is 11.6 Å². The van der Waals surface area contributed by atoms with Gasteiger partial charge in [-0.3, -0.25) is 4.98 Å². The Balaban J connectivity index is 1.89. The van der Waals surface area contributed by atoms with E-state index in [-0.39, 0.29) is 0 Å². The van der Waals surface area contributed by atoms with E-state index in [1.807, 2.05) is 18.3 Å². The van der Waals surface area contributed by atoms with Crippen LogP contribution in [0.4, 0.5) is 11.4 Å². The Morgan fingerprint density at radius 2 is 1.94 bits per heavy atom. The van der Waals surface area contributed by atoms with Crippen LogP contribution in [-0.4, -0.2) is 11.5 Å². The fraction of sp³-hybridized carbons (Fsp3) is 0.154. The number of aromatic nitrogens is 1. The lowest BCUT2D eigenvalue weighted by atomic mass is 10.0. The molecule has 0 aliphatic carbocycles. The summed E-state index contributed by atoms with van der Waals surface area (Å²) in [5.41, 5.74) is 3.50. The molecule has 0 spiro atoms. The predicted molar refractivity (Wildman–Crippen MR) is 65.5 cm³/mol. The van der Waals surface area contributed by atoms with Gasteiger partial charge in [0.1, 0.15) is 0 Å². The van der Waals surface area contributed by atoms with Crippen LogP contribution in [0.3, 0.4) is 0 Å². The first kappa shape index (κ1) is 9.21. The normalized spacial score (nSPS) is 18.1. The standard InChI is InChI=1S/C13H13N3/c1-2-4-10(5-3-1)12-9-15-13-8-14-7-6-11(13)16-12/h1-8,12,15-16H,9H2. The molecule has 3 nitrogen and oxygen atoms in total. The predicted octanol–water partition coefficient (Wildman–Crippen LogP) is 2.66. The number of benzene rings is 1. The zero-order valence-corrected chi connectivity index (χ0v) is 8.85. The number of pyridine rings is 1. The topological polar surface area (TPSA) is 37.0 Å². The first-order valence-corrected chi connectivity index (χ1v) is 5.43. The highest BCUT2D eigenvalue weighted by Crippen LogP contribution is 2.30. The van der Waals surface area contributed by atoms with Crippen molar-refractivity contribution in [3.8, 4) is 0 Å². The summed E-state index contributed by atoms with van der Waals surface area (Å²) in [6.45, 7) is 0.892. The van der Waals surface area contributed by atoms with Crippen molar-refractivity contribution in [3.05, 3.63) is 54.4 Å². The molecule has 0 saturated carbocycles. The molecule has 0 amide bonds. The highest BCUT2D eigenvalue weighted by molar-refractivity contribution is 5.70. The molecule has 1 aromatic heterocycles. The van der Waals surface area contributed by atoms with Crippen molar-refractivity contribution >= 4 is 11.4 Å². The third kappa shape index (κ3) is 1.60. The molecule has 1 atom stereocenters. The van der Waals surface area contributed by atoms with Gasteiger partial charge >= 0.3 is 0 Å². The molecule has 0 saturated heterocycles. The molecule has 0 radical (unpaired) electrons. The molecule has 3 heteroatoms. The van der Waals surface area contributed by atoms with E-state index in [4.69, 9.17) is 0 Å². The Kier molecular flexibility index (Phi) is 2.22. The minimum absolute atomic E-state index is 0.330. The quantitative estimate of drug-likeness (QED) is 0.761. The van der Waals surface area contributed by atoms with E-state index in [1.165, 1.54) is 5.56 Å². The maximum Gasteiger partial charge on any atom is 0.0763 e. The Labute approximate surface area is 94.5 Å². The Morgan fingerprint density at radius 1 is 1.06 bits per heavy atom. The first-order valence-electron chi connectivity index (χ1n) is 5.43. The lowest BCUT2D eigenvalue weighted by molar-refractivity contribution is 0.802. The van der Waals surface area contributed by atoms with Crippen LogP contribution in [0.5, 0.6) is 0 Å². The molecule has 2 N–H and O–H groups in total. The molecule has 1 aliphatic rings. The van der Waals surface area contributed by atoms with Crippen LogP contribution in [0.15, 0.2) is 48.8 Å². The molecule has 1 unspecified atom stereocenters. The maximum absolute atomic E-state index is 4.09. The molecule has 2 aromatic rings. The Bertz CT molecular complexity index is 482. The van der Waals surface area contributed by atoms with Crippen LogP contribution >= 0.6 is 0 Å². The van der Waals surface area contributed by atoms with Gasteiger partial charge in [-0.2, -0.15) is 0 Å². The number of nitrogens with one attached hydrogen (secondary N) is 2. The van der Waals surface area contributed by atoms with Crippen LogP contribution in [0.25, 0.3) is 0 Å². The van der Waals surface area contributed by atoms with E-state index < -0.39 is 0 Å². The van der Waals surface area contributed by atoms with Crippen LogP contribution in [-0.2, 0) is 0 Å². The molecule has 1 aliphatic heterocycles. The van der Waals surface area contributed by atoms with Crippen LogP contribution in [0, 0.1) is 0 Å². The van der Waals surface area contributed by atoms with E-state index in [1.54, 1.807) is 6.20 Å². The summed E-state index contributed by atoms with van der Waals surface area (Å²) < 4.78 is 0. The van der Waals surface area contributed by atoms with Crippen LogP contribution in [0.2, 0.25) is 0 Å². The van der Waals surface area contributed by atoms with Crippen molar-refractivity contribution in [3.63, 3.8) is 0 Å². The van der Waals surface area contributed by atoms with Gasteiger partial charge in [-0.1, -0.05) is 30.3 Å². The van der Waals surface area contributed by atoms with E-state index >= 15 is 0 Å². The summed E-state index contributed by atoms with van der Waals surface area (Å²) in [6, 6.07) is 12.8. The van der Waals surface area contributed by atoms with E-state index in [0.29, 0.717) is 6.04 Å². The lowest BCUT2D eigenvalue weighted by Crippen LogP contribution is -2.25. The molecule has 1 aromatic carbocycles. The smallest absolute Gasteiger partial charge is 0.0763 e. The molecule has 0 bridgehead atoms. The molecule has 2 heterocycles. The van der Waals surface area contributed by atoms with Crippen molar-refractivity contribution in [1.82, 2.24) is 4.98 Å². The van der Waals surface area contributed by atoms with E-state index in [2.05, 4.69) is 39.9 Å². The zero-order valence-electron chi connectivity index (χ0n) is 8.85. The average molecular weight is 211 g/mol. The largest absolute Gasteiger partial charge is 0.380 e.